The Bertz CT molecular complexity index is 1580. The van der Waals surface area contributed by atoms with Gasteiger partial charge in [-0.15, -0.1) is 0 Å². The fourth-order valence-electron chi connectivity index (χ4n) is 5.72. The van der Waals surface area contributed by atoms with Gasteiger partial charge in [-0.1, -0.05) is 31.9 Å². The number of nitrogens with one attached hydrogen (secondary N) is 3. The zero-order chi connectivity index (χ0) is 34.6. The Morgan fingerprint density at radius 3 is 1.72 bits per heavy atom. The van der Waals surface area contributed by atoms with E-state index < -0.39 is 47.4 Å². The van der Waals surface area contributed by atoms with Crippen molar-refractivity contribution in [3.05, 3.63) is 44.3 Å². The number of methoxy groups -OCH3 is 2. The van der Waals surface area contributed by atoms with E-state index in [1.807, 2.05) is 0 Å². The van der Waals surface area contributed by atoms with E-state index in [1.165, 1.54) is 31.1 Å². The summed E-state index contributed by atoms with van der Waals surface area (Å²) in [5.41, 5.74) is 0.134. The molecule has 2 aromatic rings. The van der Waals surface area contributed by atoms with Crippen molar-refractivity contribution in [2.75, 3.05) is 45.0 Å². The van der Waals surface area contributed by atoms with Crippen LogP contribution in [0.25, 0.3) is 0 Å². The quantitative estimate of drug-likeness (QED) is 0.332. The fraction of sp³-hybridized carbons (Fsp3) is 0.469. The summed E-state index contributed by atoms with van der Waals surface area (Å²) in [5.74, 6) is -1.48. The normalized spacial score (nSPS) is 17.6. The summed E-state index contributed by atoms with van der Waals surface area (Å²) < 4.78 is 17.7. The molecule has 2 heterocycles. The molecule has 2 saturated heterocycles. The van der Waals surface area contributed by atoms with Crippen molar-refractivity contribution in [1.29, 1.82) is 0 Å². The van der Waals surface area contributed by atoms with Crippen molar-refractivity contribution in [2.45, 2.75) is 64.1 Å². The molecule has 0 bridgehead atoms. The number of carbonyl (C=O) groups excluding carboxylic acids is 5. The topological polar surface area (TPSA) is 156 Å². The molecule has 4 rings (SSSR count). The summed E-state index contributed by atoms with van der Waals surface area (Å²) in [6, 6.07) is 4.77. The van der Waals surface area contributed by atoms with Crippen LogP contribution in [0.4, 0.5) is 16.2 Å². The standard InChI is InChI=1S/C32H39Br2N5O8/c1-32(2,3)47-31(44)39-12-8-10-24(39)29(42)37-22-16-18(34)14-20(26(22)46-6)30(43)38-11-7-9-23(38)28(41)36-21-15-17(33)13-19(25(21)45-5)27(40)35-4/h13-16,23-24H,7-12H2,1-6H3,(H,35,40)(H,36,41)(H,37,42)/t23-,24-/m0/s1. The van der Waals surface area contributed by atoms with E-state index in [9.17, 15) is 24.0 Å². The molecule has 15 heteroatoms. The Morgan fingerprint density at radius 2 is 1.23 bits per heavy atom. The number of hydrogen-bond acceptors (Lipinski definition) is 8. The monoisotopic (exact) mass is 779 g/mol. The summed E-state index contributed by atoms with van der Waals surface area (Å²) in [6.45, 7) is 5.97. The molecule has 0 saturated carbocycles. The highest BCUT2D eigenvalue weighted by atomic mass is 79.9. The molecule has 13 nitrogen and oxygen atoms in total. The highest BCUT2D eigenvalue weighted by molar-refractivity contribution is 9.10. The second kappa shape index (κ2) is 14.9. The first kappa shape index (κ1) is 36.0. The molecular formula is C32H39Br2N5O8. The van der Waals surface area contributed by atoms with Gasteiger partial charge >= 0.3 is 6.09 Å². The molecular weight excluding hydrogens is 742 g/mol. The van der Waals surface area contributed by atoms with Crippen LogP contribution in [0.3, 0.4) is 0 Å². The lowest BCUT2D eigenvalue weighted by Crippen LogP contribution is -2.45. The van der Waals surface area contributed by atoms with Crippen LogP contribution in [-0.4, -0.2) is 91.6 Å². The minimum atomic E-state index is -0.836. The maximum atomic E-state index is 14.1. The molecule has 2 aromatic carbocycles. The Morgan fingerprint density at radius 1 is 0.766 bits per heavy atom. The number of nitrogens with zero attached hydrogens (tertiary/aromatic N) is 2. The summed E-state index contributed by atoms with van der Waals surface area (Å²) >= 11 is 6.81. The first-order chi connectivity index (χ1) is 22.2. The Kier molecular flexibility index (Phi) is 11.4. The van der Waals surface area contributed by atoms with Gasteiger partial charge in [-0.25, -0.2) is 4.79 Å². The molecule has 5 amide bonds. The molecule has 2 atom stereocenters. The van der Waals surface area contributed by atoms with Crippen molar-refractivity contribution in [3.8, 4) is 11.5 Å². The van der Waals surface area contributed by atoms with E-state index in [2.05, 4.69) is 47.8 Å². The SMILES string of the molecule is CNC(=O)c1cc(Br)cc(NC(=O)[C@@H]2CCCN2C(=O)c2cc(Br)cc(NC(=O)[C@@H]3CCCN3C(=O)OC(C)(C)C)c2OC)c1OC. The van der Waals surface area contributed by atoms with Gasteiger partial charge < -0.3 is 35.1 Å². The average molecular weight is 781 g/mol. The highest BCUT2D eigenvalue weighted by Gasteiger charge is 2.39. The molecule has 0 aliphatic carbocycles. The van der Waals surface area contributed by atoms with Crippen LogP contribution < -0.4 is 25.4 Å². The maximum absolute atomic E-state index is 14.1. The van der Waals surface area contributed by atoms with Gasteiger partial charge in [0.1, 0.15) is 17.7 Å². The summed E-state index contributed by atoms with van der Waals surface area (Å²) in [4.78, 5) is 69.2. The summed E-state index contributed by atoms with van der Waals surface area (Å²) in [7, 11) is 4.27. The number of amides is 5. The molecule has 2 aliphatic heterocycles. The van der Waals surface area contributed by atoms with Crippen molar-refractivity contribution in [1.82, 2.24) is 15.1 Å². The third-order valence-corrected chi connectivity index (χ3v) is 8.65. The number of anilines is 2. The molecule has 0 unspecified atom stereocenters. The van der Waals surface area contributed by atoms with Crippen LogP contribution in [0.1, 0.15) is 67.2 Å². The molecule has 3 N–H and O–H groups in total. The number of likely N-dealkylation sites (tertiary alicyclic amines) is 2. The minimum absolute atomic E-state index is 0.114. The third-order valence-electron chi connectivity index (χ3n) is 7.73. The van der Waals surface area contributed by atoms with Crippen LogP contribution >= 0.6 is 31.9 Å². The molecule has 2 aliphatic rings. The second-order valence-corrected chi connectivity index (χ2v) is 13.9. The van der Waals surface area contributed by atoms with E-state index in [4.69, 9.17) is 14.2 Å². The van der Waals surface area contributed by atoms with Crippen molar-refractivity contribution >= 4 is 73.0 Å². The maximum Gasteiger partial charge on any atom is 0.410 e. The van der Waals surface area contributed by atoms with E-state index in [0.717, 1.165) is 0 Å². The van der Waals surface area contributed by atoms with Gasteiger partial charge in [0.05, 0.1) is 36.7 Å². The summed E-state index contributed by atoms with van der Waals surface area (Å²) in [5, 5.41) is 8.22. The first-order valence-corrected chi connectivity index (χ1v) is 16.7. The van der Waals surface area contributed by atoms with Gasteiger partial charge in [0.25, 0.3) is 11.8 Å². The van der Waals surface area contributed by atoms with E-state index in [0.29, 0.717) is 47.7 Å². The van der Waals surface area contributed by atoms with Crippen molar-refractivity contribution < 1.29 is 38.2 Å². The predicted octanol–water partition coefficient (Wildman–Crippen LogP) is 5.17. The van der Waals surface area contributed by atoms with Crippen LogP contribution in [0.15, 0.2) is 33.2 Å². The summed E-state index contributed by atoms with van der Waals surface area (Å²) in [6.07, 6.45) is 1.48. The Labute approximate surface area is 290 Å². The third kappa shape index (κ3) is 8.18. The Hall–Kier alpha value is -3.85. The number of ether oxygens (including phenoxy) is 3. The molecule has 0 aromatic heterocycles. The number of halogens is 2. The van der Waals surface area contributed by atoms with Crippen LogP contribution in [-0.2, 0) is 14.3 Å². The van der Waals surface area contributed by atoms with Gasteiger partial charge in [-0.05, 0) is 70.7 Å². The number of hydrogen-bond donors (Lipinski definition) is 3. The van der Waals surface area contributed by atoms with Crippen molar-refractivity contribution in [3.63, 3.8) is 0 Å². The lowest BCUT2D eigenvalue weighted by Gasteiger charge is -2.28. The Balaban J connectivity index is 1.58. The van der Waals surface area contributed by atoms with E-state index in [-0.39, 0.29) is 34.0 Å². The predicted molar refractivity (Wildman–Crippen MR) is 182 cm³/mol. The number of benzene rings is 2. The second-order valence-electron chi connectivity index (χ2n) is 12.1. The lowest BCUT2D eigenvalue weighted by atomic mass is 10.1. The van der Waals surface area contributed by atoms with Crippen LogP contribution in [0.2, 0.25) is 0 Å². The smallest absolute Gasteiger partial charge is 0.410 e. The lowest BCUT2D eigenvalue weighted by molar-refractivity contribution is -0.120. The van der Waals surface area contributed by atoms with E-state index >= 15 is 0 Å². The fourth-order valence-corrected chi connectivity index (χ4v) is 6.64. The van der Waals surface area contributed by atoms with Gasteiger partial charge in [-0.2, -0.15) is 0 Å². The van der Waals surface area contributed by atoms with Gasteiger partial charge in [-0.3, -0.25) is 24.1 Å². The van der Waals surface area contributed by atoms with E-state index in [1.54, 1.807) is 45.0 Å². The largest absolute Gasteiger partial charge is 0.494 e. The van der Waals surface area contributed by atoms with Gasteiger partial charge in [0, 0.05) is 29.1 Å². The molecule has 0 radical (unpaired) electrons. The molecule has 0 spiro atoms. The molecule has 2 fully saturated rings. The zero-order valence-corrected chi connectivity index (χ0v) is 30.3. The minimum Gasteiger partial charge on any atom is -0.494 e. The highest BCUT2D eigenvalue weighted by Crippen LogP contribution is 2.37. The number of rotatable bonds is 8. The number of carbonyl (C=O) groups is 5. The van der Waals surface area contributed by atoms with Crippen LogP contribution in [0, 0.1) is 0 Å². The van der Waals surface area contributed by atoms with Gasteiger partial charge in [0.15, 0.2) is 11.5 Å². The van der Waals surface area contributed by atoms with Gasteiger partial charge in [0.2, 0.25) is 11.8 Å². The van der Waals surface area contributed by atoms with Crippen LogP contribution in [0.5, 0.6) is 11.5 Å². The zero-order valence-electron chi connectivity index (χ0n) is 27.1. The molecule has 47 heavy (non-hydrogen) atoms. The first-order valence-electron chi connectivity index (χ1n) is 15.1. The average Bonchev–Trinajstić information content (AvgIpc) is 3.70. The molecule has 254 valence electrons. The van der Waals surface area contributed by atoms with Crippen molar-refractivity contribution in [2.24, 2.45) is 0 Å².